The third-order valence-corrected chi connectivity index (χ3v) is 4.27. The van der Waals surface area contributed by atoms with Gasteiger partial charge in [0.05, 0.1) is 27.5 Å². The summed E-state index contributed by atoms with van der Waals surface area (Å²) in [7, 11) is 6.55. The molecule has 0 aliphatic heterocycles. The van der Waals surface area contributed by atoms with Crippen molar-refractivity contribution in [1.29, 1.82) is 0 Å². The van der Waals surface area contributed by atoms with Crippen LogP contribution in [0.15, 0.2) is 48.7 Å². The fourth-order valence-corrected chi connectivity index (χ4v) is 2.88. The van der Waals surface area contributed by atoms with Gasteiger partial charge in [-0.05, 0) is 30.3 Å². The van der Waals surface area contributed by atoms with Crippen LogP contribution in [0.1, 0.15) is 0 Å². The van der Waals surface area contributed by atoms with Gasteiger partial charge >= 0.3 is 0 Å². The molecule has 0 aliphatic rings. The average molecular weight is 397 g/mol. The lowest BCUT2D eigenvalue weighted by atomic mass is 10.1. The number of benzene rings is 2. The van der Waals surface area contributed by atoms with Crippen molar-refractivity contribution >= 4 is 11.6 Å². The third kappa shape index (κ3) is 4.60. The molecule has 3 aromatic rings. The Kier molecular flexibility index (Phi) is 6.23. The normalized spacial score (nSPS) is 10.3. The van der Waals surface area contributed by atoms with Crippen LogP contribution in [0.5, 0.6) is 23.0 Å². The van der Waals surface area contributed by atoms with E-state index in [1.54, 1.807) is 68.6 Å². The largest absolute Gasteiger partial charge is 0.497 e. The summed E-state index contributed by atoms with van der Waals surface area (Å²) in [5, 5.41) is 7.06. The minimum absolute atomic E-state index is 0.135. The number of rotatable bonds is 8. The van der Waals surface area contributed by atoms with Gasteiger partial charge in [-0.25, -0.2) is 0 Å². The topological polar surface area (TPSA) is 83.8 Å². The van der Waals surface area contributed by atoms with Gasteiger partial charge in [-0.1, -0.05) is 6.07 Å². The summed E-state index contributed by atoms with van der Waals surface area (Å²) < 4.78 is 23.2. The van der Waals surface area contributed by atoms with Gasteiger partial charge in [0.15, 0.2) is 12.4 Å². The number of carbonyl (C=O) groups is 1. The molecule has 0 atom stereocenters. The van der Waals surface area contributed by atoms with Crippen LogP contribution in [-0.4, -0.2) is 43.6 Å². The van der Waals surface area contributed by atoms with Crippen molar-refractivity contribution < 1.29 is 23.7 Å². The predicted molar refractivity (Wildman–Crippen MR) is 109 cm³/mol. The molecule has 0 unspecified atom stereocenters. The van der Waals surface area contributed by atoms with Crippen LogP contribution in [0, 0.1) is 0 Å². The van der Waals surface area contributed by atoms with Gasteiger partial charge in [0.1, 0.15) is 22.9 Å². The standard InChI is InChI=1S/C21H23N3O5/c1-24-21(19(28-4)12-22-24)17-10-14(8-9-18(17)27-3)23-20(25)13-29-16-7-5-6-15(11-16)26-2/h5-12H,13H2,1-4H3,(H,23,25). The molecule has 8 heteroatoms. The molecule has 152 valence electrons. The lowest BCUT2D eigenvalue weighted by Gasteiger charge is -2.13. The first-order valence-electron chi connectivity index (χ1n) is 8.86. The van der Waals surface area contributed by atoms with E-state index in [9.17, 15) is 4.79 Å². The maximum absolute atomic E-state index is 12.3. The van der Waals surface area contributed by atoms with Crippen LogP contribution in [0.4, 0.5) is 5.69 Å². The highest BCUT2D eigenvalue weighted by Gasteiger charge is 2.17. The molecule has 29 heavy (non-hydrogen) atoms. The highest BCUT2D eigenvalue weighted by Crippen LogP contribution is 2.37. The molecule has 0 saturated heterocycles. The summed E-state index contributed by atoms with van der Waals surface area (Å²) in [6.07, 6.45) is 1.63. The van der Waals surface area contributed by atoms with Crippen molar-refractivity contribution in [2.24, 2.45) is 7.05 Å². The van der Waals surface area contributed by atoms with Crippen LogP contribution in [0.25, 0.3) is 11.3 Å². The Morgan fingerprint density at radius 2 is 1.76 bits per heavy atom. The quantitative estimate of drug-likeness (QED) is 0.629. The highest BCUT2D eigenvalue weighted by atomic mass is 16.5. The molecule has 0 radical (unpaired) electrons. The van der Waals surface area contributed by atoms with Gasteiger partial charge in [0.2, 0.25) is 0 Å². The molecular weight excluding hydrogens is 374 g/mol. The van der Waals surface area contributed by atoms with E-state index in [2.05, 4.69) is 10.4 Å². The second-order valence-electron chi connectivity index (χ2n) is 6.12. The molecule has 1 N–H and O–H groups in total. The van der Waals surface area contributed by atoms with Gasteiger partial charge in [0, 0.05) is 24.4 Å². The van der Waals surface area contributed by atoms with Gasteiger partial charge in [0.25, 0.3) is 5.91 Å². The van der Waals surface area contributed by atoms with Gasteiger partial charge < -0.3 is 24.3 Å². The lowest BCUT2D eigenvalue weighted by molar-refractivity contribution is -0.118. The average Bonchev–Trinajstić information content (AvgIpc) is 3.12. The van der Waals surface area contributed by atoms with Crippen molar-refractivity contribution in [2.75, 3.05) is 33.3 Å². The van der Waals surface area contributed by atoms with Gasteiger partial charge in [-0.15, -0.1) is 0 Å². The van der Waals surface area contributed by atoms with Crippen LogP contribution in [0.2, 0.25) is 0 Å². The molecule has 1 amide bonds. The van der Waals surface area contributed by atoms with E-state index in [-0.39, 0.29) is 12.5 Å². The Labute approximate surface area is 169 Å². The number of nitrogens with zero attached hydrogens (tertiary/aromatic N) is 2. The fourth-order valence-electron chi connectivity index (χ4n) is 2.88. The Morgan fingerprint density at radius 1 is 1.00 bits per heavy atom. The van der Waals surface area contributed by atoms with Crippen LogP contribution in [0.3, 0.4) is 0 Å². The second-order valence-corrected chi connectivity index (χ2v) is 6.12. The molecule has 0 bridgehead atoms. The van der Waals surface area contributed by atoms with Crippen molar-refractivity contribution in [3.05, 3.63) is 48.7 Å². The van der Waals surface area contributed by atoms with Crippen molar-refractivity contribution in [1.82, 2.24) is 9.78 Å². The van der Waals surface area contributed by atoms with Crippen molar-refractivity contribution in [3.8, 4) is 34.3 Å². The Morgan fingerprint density at radius 3 is 2.48 bits per heavy atom. The molecule has 3 rings (SSSR count). The van der Waals surface area contributed by atoms with E-state index in [1.807, 2.05) is 13.1 Å². The summed E-state index contributed by atoms with van der Waals surface area (Å²) in [6.45, 7) is -0.135. The molecule has 0 spiro atoms. The smallest absolute Gasteiger partial charge is 0.262 e. The number of hydrogen-bond acceptors (Lipinski definition) is 6. The number of methoxy groups -OCH3 is 3. The first-order chi connectivity index (χ1) is 14.0. The van der Waals surface area contributed by atoms with Gasteiger partial charge in [-0.3, -0.25) is 9.48 Å². The van der Waals surface area contributed by atoms with Crippen LogP contribution in [-0.2, 0) is 11.8 Å². The predicted octanol–water partition coefficient (Wildman–Crippen LogP) is 3.13. The number of anilines is 1. The zero-order valence-electron chi connectivity index (χ0n) is 16.8. The summed E-state index contributed by atoms with van der Waals surface area (Å²) in [5.74, 6) is 2.16. The Balaban J connectivity index is 1.75. The van der Waals surface area contributed by atoms with Crippen LogP contribution >= 0.6 is 0 Å². The maximum Gasteiger partial charge on any atom is 0.262 e. The van der Waals surface area contributed by atoms with Crippen molar-refractivity contribution in [2.45, 2.75) is 0 Å². The molecule has 1 heterocycles. The maximum atomic E-state index is 12.3. The molecule has 0 fully saturated rings. The number of hydrogen-bond donors (Lipinski definition) is 1. The van der Waals surface area contributed by atoms with Crippen LogP contribution < -0.4 is 24.3 Å². The number of nitrogens with one attached hydrogen (secondary N) is 1. The minimum Gasteiger partial charge on any atom is -0.497 e. The van der Waals surface area contributed by atoms with E-state index in [0.29, 0.717) is 28.7 Å². The third-order valence-electron chi connectivity index (χ3n) is 4.27. The van der Waals surface area contributed by atoms with E-state index in [4.69, 9.17) is 18.9 Å². The summed E-state index contributed by atoms with van der Waals surface area (Å²) >= 11 is 0. The zero-order chi connectivity index (χ0) is 20.8. The first kappa shape index (κ1) is 20.1. The van der Waals surface area contributed by atoms with Gasteiger partial charge in [-0.2, -0.15) is 5.10 Å². The number of carbonyl (C=O) groups excluding carboxylic acids is 1. The molecule has 1 aromatic heterocycles. The summed E-state index contributed by atoms with van der Waals surface area (Å²) in [4.78, 5) is 12.3. The SMILES string of the molecule is COc1cccc(OCC(=O)Nc2ccc(OC)c(-c3c(OC)cnn3C)c2)c1. The van der Waals surface area contributed by atoms with E-state index in [1.165, 1.54) is 0 Å². The zero-order valence-corrected chi connectivity index (χ0v) is 16.8. The summed E-state index contributed by atoms with van der Waals surface area (Å²) in [5.41, 5.74) is 2.09. The number of ether oxygens (including phenoxy) is 4. The van der Waals surface area contributed by atoms with E-state index in [0.717, 1.165) is 11.3 Å². The Hall–Kier alpha value is -3.68. The van der Waals surface area contributed by atoms with E-state index >= 15 is 0 Å². The molecule has 0 aliphatic carbocycles. The first-order valence-corrected chi connectivity index (χ1v) is 8.86. The molecule has 2 aromatic carbocycles. The Bertz CT molecular complexity index is 1000. The molecule has 0 saturated carbocycles. The summed E-state index contributed by atoms with van der Waals surface area (Å²) in [6, 6.07) is 12.4. The lowest BCUT2D eigenvalue weighted by Crippen LogP contribution is -2.20. The molecule has 8 nitrogen and oxygen atoms in total. The highest BCUT2D eigenvalue weighted by molar-refractivity contribution is 5.93. The number of aromatic nitrogens is 2. The number of amides is 1. The molecular formula is C21H23N3O5. The van der Waals surface area contributed by atoms with Crippen molar-refractivity contribution in [3.63, 3.8) is 0 Å². The monoisotopic (exact) mass is 397 g/mol. The van der Waals surface area contributed by atoms with E-state index < -0.39 is 0 Å². The fraction of sp³-hybridized carbons (Fsp3) is 0.238. The second kappa shape index (κ2) is 9.01. The minimum atomic E-state index is -0.291. The number of aryl methyl sites for hydroxylation is 1.